The molecule has 35 heavy (non-hydrogen) atoms. The van der Waals surface area contributed by atoms with Crippen LogP contribution in [0, 0.1) is 0 Å². The maximum atomic E-state index is 2.69. The lowest BCUT2D eigenvalue weighted by Crippen LogP contribution is -2.39. The second-order valence-electron chi connectivity index (χ2n) is 11.5. The first-order chi connectivity index (χ1) is 17.3. The number of hydrogen-bond donors (Lipinski definition) is 0. The molecule has 1 heterocycles. The molecule has 208 valence electrons. The lowest BCUT2D eigenvalue weighted by Gasteiger charge is -2.33. The lowest BCUT2D eigenvalue weighted by atomic mass is 10.1. The normalized spacial score (nSPS) is 14.0. The Kier molecular flexibility index (Phi) is 23.1. The van der Waals surface area contributed by atoms with Crippen molar-refractivity contribution in [2.45, 2.75) is 187 Å². The van der Waals surface area contributed by atoms with Gasteiger partial charge in [0.2, 0.25) is 0 Å². The van der Waals surface area contributed by atoms with Gasteiger partial charge in [-0.25, -0.2) is 0 Å². The first-order valence-corrected chi connectivity index (χ1v) is 16.5. The van der Waals surface area contributed by atoms with E-state index in [-0.39, 0.29) is 0 Å². The van der Waals surface area contributed by atoms with Crippen molar-refractivity contribution >= 4 is 0 Å². The number of rotatable bonds is 27. The van der Waals surface area contributed by atoms with Crippen LogP contribution in [-0.4, -0.2) is 29.1 Å². The largest absolute Gasteiger partial charge is 0.356 e. The van der Waals surface area contributed by atoms with Crippen LogP contribution in [0.3, 0.4) is 0 Å². The second-order valence-corrected chi connectivity index (χ2v) is 11.5. The predicted molar refractivity (Wildman–Crippen MR) is 159 cm³/mol. The third kappa shape index (κ3) is 18.3. The number of nitrogens with zero attached hydrogens (tertiary/aromatic N) is 2. The zero-order chi connectivity index (χ0) is 25.2. The Hall–Kier alpha value is -0.660. The van der Waals surface area contributed by atoms with Gasteiger partial charge in [-0.05, 0) is 25.7 Å². The molecule has 0 saturated carbocycles. The van der Waals surface area contributed by atoms with Gasteiger partial charge in [-0.3, -0.25) is 0 Å². The van der Waals surface area contributed by atoms with E-state index in [2.05, 4.69) is 43.0 Å². The van der Waals surface area contributed by atoms with Gasteiger partial charge in [-0.1, -0.05) is 156 Å². The first-order valence-electron chi connectivity index (χ1n) is 16.5. The van der Waals surface area contributed by atoms with Crippen molar-refractivity contribution < 1.29 is 0 Å². The van der Waals surface area contributed by atoms with Crippen LogP contribution in [0.4, 0.5) is 0 Å². The summed E-state index contributed by atoms with van der Waals surface area (Å²) in [5, 5.41) is 0. The van der Waals surface area contributed by atoms with E-state index in [0.29, 0.717) is 6.17 Å². The molecule has 0 aromatic rings. The predicted octanol–water partition coefficient (Wildman–Crippen LogP) is 11.2. The van der Waals surface area contributed by atoms with Crippen LogP contribution in [0.5, 0.6) is 0 Å². The quantitative estimate of drug-likeness (QED) is 0.106. The van der Waals surface area contributed by atoms with Gasteiger partial charge in [-0.2, -0.15) is 0 Å². The highest BCUT2D eigenvalue weighted by atomic mass is 15.4. The molecule has 0 aliphatic carbocycles. The molecule has 0 atom stereocenters. The maximum Gasteiger partial charge on any atom is 0.101 e. The Morgan fingerprint density at radius 3 is 1.00 bits per heavy atom. The number of hydrogen-bond acceptors (Lipinski definition) is 2. The third-order valence-electron chi connectivity index (χ3n) is 8.07. The summed E-state index contributed by atoms with van der Waals surface area (Å²) in [4.78, 5) is 5.37. The van der Waals surface area contributed by atoms with Crippen LogP contribution < -0.4 is 0 Å². The molecule has 0 amide bonds. The minimum absolute atomic E-state index is 0.643. The van der Waals surface area contributed by atoms with Crippen molar-refractivity contribution in [2.75, 3.05) is 13.1 Å². The average Bonchev–Trinajstić information content (AvgIpc) is 3.25. The molecule has 1 aliphatic rings. The van der Waals surface area contributed by atoms with E-state index in [1.807, 2.05) is 0 Å². The summed E-state index contributed by atoms with van der Waals surface area (Å²) in [7, 11) is 0. The van der Waals surface area contributed by atoms with E-state index in [1.165, 1.54) is 174 Å². The smallest absolute Gasteiger partial charge is 0.101 e. The monoisotopic (exact) mass is 491 g/mol. The zero-order valence-corrected chi connectivity index (χ0v) is 24.7. The molecule has 0 fully saturated rings. The van der Waals surface area contributed by atoms with Crippen molar-refractivity contribution in [3.05, 3.63) is 12.4 Å². The topological polar surface area (TPSA) is 6.48 Å². The second kappa shape index (κ2) is 25.0. The van der Waals surface area contributed by atoms with Crippen LogP contribution >= 0.6 is 0 Å². The van der Waals surface area contributed by atoms with Crippen LogP contribution in [0.15, 0.2) is 12.4 Å². The molecule has 0 aromatic carbocycles. The van der Waals surface area contributed by atoms with Crippen molar-refractivity contribution in [3.8, 4) is 0 Å². The van der Waals surface area contributed by atoms with Gasteiger partial charge in [0.05, 0.1) is 0 Å². The summed E-state index contributed by atoms with van der Waals surface area (Å²) in [5.41, 5.74) is 0. The van der Waals surface area contributed by atoms with Gasteiger partial charge in [-0.15, -0.1) is 0 Å². The molecule has 0 aromatic heterocycles. The maximum absolute atomic E-state index is 2.69. The van der Waals surface area contributed by atoms with Gasteiger partial charge in [0.15, 0.2) is 0 Å². The summed E-state index contributed by atoms with van der Waals surface area (Å²) >= 11 is 0. The van der Waals surface area contributed by atoms with Crippen LogP contribution in [0.25, 0.3) is 0 Å². The molecule has 2 heteroatoms. The molecule has 1 rings (SSSR count). The summed E-state index contributed by atoms with van der Waals surface area (Å²) in [6, 6.07) is 0. The van der Waals surface area contributed by atoms with Crippen LogP contribution in [0.2, 0.25) is 0 Å². The first kappa shape index (κ1) is 32.4. The van der Waals surface area contributed by atoms with E-state index in [0.717, 1.165) is 0 Å². The molecule has 0 unspecified atom stereocenters. The highest BCUT2D eigenvalue weighted by molar-refractivity contribution is 4.97. The molecule has 0 bridgehead atoms. The SMILES string of the molecule is CCCCCCCCCCCCN1C=CN(CCCCCCCCCCCC)C1CCCCCC. The Morgan fingerprint density at radius 1 is 0.371 bits per heavy atom. The van der Waals surface area contributed by atoms with Crippen molar-refractivity contribution in [2.24, 2.45) is 0 Å². The van der Waals surface area contributed by atoms with Crippen LogP contribution in [0.1, 0.15) is 181 Å². The molecular weight excluding hydrogens is 424 g/mol. The summed E-state index contributed by atoms with van der Waals surface area (Å²) < 4.78 is 0. The highest BCUT2D eigenvalue weighted by Crippen LogP contribution is 2.23. The van der Waals surface area contributed by atoms with Gasteiger partial charge in [0.1, 0.15) is 6.17 Å². The van der Waals surface area contributed by atoms with Gasteiger partial charge >= 0.3 is 0 Å². The molecule has 0 spiro atoms. The lowest BCUT2D eigenvalue weighted by molar-refractivity contribution is 0.135. The highest BCUT2D eigenvalue weighted by Gasteiger charge is 2.24. The van der Waals surface area contributed by atoms with E-state index >= 15 is 0 Å². The fraction of sp³-hybridized carbons (Fsp3) is 0.939. The minimum atomic E-state index is 0.643. The summed E-state index contributed by atoms with van der Waals surface area (Å²) in [6.07, 6.45) is 41.0. The summed E-state index contributed by atoms with van der Waals surface area (Å²) in [5.74, 6) is 0. The standard InChI is InChI=1S/C33H66N2/c1-4-7-10-13-15-17-19-21-23-26-29-34-31-32-35(33(34)28-25-12-9-6-3)30-27-24-22-20-18-16-14-11-8-5-2/h31-33H,4-30H2,1-3H3. The fourth-order valence-corrected chi connectivity index (χ4v) is 5.66. The fourth-order valence-electron chi connectivity index (χ4n) is 5.66. The average molecular weight is 491 g/mol. The zero-order valence-electron chi connectivity index (χ0n) is 24.7. The molecule has 0 radical (unpaired) electrons. The van der Waals surface area contributed by atoms with E-state index in [1.54, 1.807) is 0 Å². The van der Waals surface area contributed by atoms with E-state index in [9.17, 15) is 0 Å². The molecule has 2 nitrogen and oxygen atoms in total. The van der Waals surface area contributed by atoms with E-state index < -0.39 is 0 Å². The van der Waals surface area contributed by atoms with Crippen LogP contribution in [-0.2, 0) is 0 Å². The Balaban J connectivity index is 2.17. The third-order valence-corrected chi connectivity index (χ3v) is 8.07. The Morgan fingerprint density at radius 2 is 0.657 bits per heavy atom. The molecule has 0 saturated heterocycles. The molecular formula is C33H66N2. The number of unbranched alkanes of at least 4 members (excludes halogenated alkanes) is 21. The minimum Gasteiger partial charge on any atom is -0.356 e. The Labute approximate surface area is 222 Å². The van der Waals surface area contributed by atoms with Gasteiger partial charge < -0.3 is 9.80 Å². The van der Waals surface area contributed by atoms with Crippen molar-refractivity contribution in [1.29, 1.82) is 0 Å². The van der Waals surface area contributed by atoms with Crippen molar-refractivity contribution in [3.63, 3.8) is 0 Å². The summed E-state index contributed by atoms with van der Waals surface area (Å²) in [6.45, 7) is 9.47. The Bertz CT molecular complexity index is 412. The van der Waals surface area contributed by atoms with Crippen molar-refractivity contribution in [1.82, 2.24) is 9.80 Å². The van der Waals surface area contributed by atoms with Gasteiger partial charge in [0.25, 0.3) is 0 Å². The van der Waals surface area contributed by atoms with Gasteiger partial charge in [0, 0.05) is 25.5 Å². The molecule has 1 aliphatic heterocycles. The molecule has 0 N–H and O–H groups in total. The van der Waals surface area contributed by atoms with E-state index in [4.69, 9.17) is 0 Å².